The van der Waals surface area contributed by atoms with Gasteiger partial charge in [-0.25, -0.2) is 4.79 Å². The van der Waals surface area contributed by atoms with Crippen LogP contribution in [0.4, 0.5) is 0 Å². The van der Waals surface area contributed by atoms with E-state index in [4.69, 9.17) is 5.11 Å². The maximum atomic E-state index is 10.8. The summed E-state index contributed by atoms with van der Waals surface area (Å²) < 4.78 is 2.45. The summed E-state index contributed by atoms with van der Waals surface area (Å²) in [7, 11) is 5.62. The van der Waals surface area contributed by atoms with Gasteiger partial charge in [0.2, 0.25) is 0 Å². The highest BCUT2D eigenvalue weighted by molar-refractivity contribution is 9.10. The third-order valence-corrected chi connectivity index (χ3v) is 2.98. The van der Waals surface area contributed by atoms with Gasteiger partial charge in [0.15, 0.2) is 0 Å². The van der Waals surface area contributed by atoms with E-state index in [1.54, 1.807) is 17.7 Å². The zero-order valence-corrected chi connectivity index (χ0v) is 10.00. The molecule has 0 atom stereocenters. The molecular formula is C9H13BrN2O2. The quantitative estimate of drug-likeness (QED) is 0.897. The molecule has 5 heteroatoms. The van der Waals surface area contributed by atoms with E-state index < -0.39 is 5.97 Å². The van der Waals surface area contributed by atoms with Crippen LogP contribution in [-0.4, -0.2) is 34.6 Å². The first-order valence-electron chi connectivity index (χ1n) is 4.15. The third-order valence-electron chi connectivity index (χ3n) is 1.94. The van der Waals surface area contributed by atoms with Crippen molar-refractivity contribution < 1.29 is 9.90 Å². The Bertz CT molecular complexity index is 358. The standard InChI is InChI=1S/C9H13BrN2O2/c1-11(2)5-6-4-7(9(13)14)12(3)8(6)10/h4H,5H2,1-3H3,(H,13,14). The SMILES string of the molecule is CN(C)Cc1cc(C(=O)O)n(C)c1Br. The molecule has 1 rings (SSSR count). The van der Waals surface area contributed by atoms with Crippen LogP contribution < -0.4 is 0 Å². The molecule has 0 bridgehead atoms. The lowest BCUT2D eigenvalue weighted by molar-refractivity contribution is 0.0686. The second-order valence-corrected chi connectivity index (χ2v) is 4.20. The number of carbonyl (C=O) groups is 1. The van der Waals surface area contributed by atoms with E-state index in [1.807, 2.05) is 19.0 Å². The van der Waals surface area contributed by atoms with Crippen molar-refractivity contribution in [3.8, 4) is 0 Å². The van der Waals surface area contributed by atoms with E-state index in [9.17, 15) is 4.79 Å². The summed E-state index contributed by atoms with van der Waals surface area (Å²) in [6.45, 7) is 0.724. The number of aromatic nitrogens is 1. The summed E-state index contributed by atoms with van der Waals surface area (Å²) in [6.07, 6.45) is 0. The highest BCUT2D eigenvalue weighted by Crippen LogP contribution is 2.21. The number of aromatic carboxylic acids is 1. The molecular weight excluding hydrogens is 248 g/mol. The average Bonchev–Trinajstić information content (AvgIpc) is 2.32. The number of nitrogens with zero attached hydrogens (tertiary/aromatic N) is 2. The van der Waals surface area contributed by atoms with Crippen molar-refractivity contribution in [1.82, 2.24) is 9.47 Å². The normalized spacial score (nSPS) is 10.9. The summed E-state index contributed by atoms with van der Waals surface area (Å²) >= 11 is 3.37. The van der Waals surface area contributed by atoms with E-state index in [1.165, 1.54) is 0 Å². The molecule has 0 aliphatic carbocycles. The van der Waals surface area contributed by atoms with Crippen molar-refractivity contribution in [3.63, 3.8) is 0 Å². The van der Waals surface area contributed by atoms with Crippen LogP contribution in [-0.2, 0) is 13.6 Å². The summed E-state index contributed by atoms with van der Waals surface area (Å²) in [4.78, 5) is 12.8. The van der Waals surface area contributed by atoms with E-state index in [2.05, 4.69) is 15.9 Å². The van der Waals surface area contributed by atoms with Gasteiger partial charge in [-0.05, 0) is 41.7 Å². The lowest BCUT2D eigenvalue weighted by Crippen LogP contribution is -2.10. The number of hydrogen-bond acceptors (Lipinski definition) is 2. The summed E-state index contributed by atoms with van der Waals surface area (Å²) in [5.74, 6) is -0.904. The van der Waals surface area contributed by atoms with Gasteiger partial charge < -0.3 is 14.6 Å². The number of rotatable bonds is 3. The number of carboxylic acid groups (broad SMARTS) is 1. The number of halogens is 1. The minimum atomic E-state index is -0.904. The van der Waals surface area contributed by atoms with Gasteiger partial charge in [-0.1, -0.05) is 0 Å². The van der Waals surface area contributed by atoms with Crippen molar-refractivity contribution in [2.75, 3.05) is 14.1 Å². The Labute approximate surface area is 91.3 Å². The predicted molar refractivity (Wildman–Crippen MR) is 57.5 cm³/mol. The molecule has 0 unspecified atom stereocenters. The van der Waals surface area contributed by atoms with Gasteiger partial charge in [-0.3, -0.25) is 0 Å². The molecule has 0 saturated carbocycles. The van der Waals surface area contributed by atoms with E-state index in [0.29, 0.717) is 5.69 Å². The largest absolute Gasteiger partial charge is 0.477 e. The smallest absolute Gasteiger partial charge is 0.352 e. The van der Waals surface area contributed by atoms with Crippen LogP contribution in [0.25, 0.3) is 0 Å². The molecule has 0 aliphatic heterocycles. The highest BCUT2D eigenvalue weighted by Gasteiger charge is 2.15. The maximum Gasteiger partial charge on any atom is 0.352 e. The molecule has 0 saturated heterocycles. The first kappa shape index (κ1) is 11.3. The molecule has 0 radical (unpaired) electrons. The fourth-order valence-electron chi connectivity index (χ4n) is 1.30. The van der Waals surface area contributed by atoms with Crippen molar-refractivity contribution in [1.29, 1.82) is 0 Å². The van der Waals surface area contributed by atoms with Crippen LogP contribution >= 0.6 is 15.9 Å². The molecule has 1 aromatic heterocycles. The molecule has 0 amide bonds. The van der Waals surface area contributed by atoms with Crippen LogP contribution in [0.1, 0.15) is 16.1 Å². The van der Waals surface area contributed by atoms with Gasteiger partial charge in [0.05, 0.1) is 4.60 Å². The number of carboxylic acids is 1. The Hall–Kier alpha value is -0.810. The Morgan fingerprint density at radius 3 is 2.57 bits per heavy atom. The first-order chi connectivity index (χ1) is 6.43. The highest BCUT2D eigenvalue weighted by atomic mass is 79.9. The Balaban J connectivity index is 3.08. The zero-order valence-electron chi connectivity index (χ0n) is 8.41. The van der Waals surface area contributed by atoms with Crippen LogP contribution in [0.2, 0.25) is 0 Å². The van der Waals surface area contributed by atoms with Gasteiger partial charge >= 0.3 is 5.97 Å². The second kappa shape index (κ2) is 4.14. The van der Waals surface area contributed by atoms with E-state index in [0.717, 1.165) is 16.7 Å². The van der Waals surface area contributed by atoms with Crippen LogP contribution in [0.5, 0.6) is 0 Å². The molecule has 1 aromatic rings. The Kier molecular flexibility index (Phi) is 3.34. The summed E-state index contributed by atoms with van der Waals surface area (Å²) in [5.41, 5.74) is 1.28. The van der Waals surface area contributed by atoms with Crippen LogP contribution in [0.15, 0.2) is 10.7 Å². The van der Waals surface area contributed by atoms with Crippen LogP contribution in [0, 0.1) is 0 Å². The molecule has 0 spiro atoms. The number of hydrogen-bond donors (Lipinski definition) is 1. The van der Waals surface area contributed by atoms with Crippen molar-refractivity contribution >= 4 is 21.9 Å². The van der Waals surface area contributed by atoms with Crippen molar-refractivity contribution in [2.24, 2.45) is 7.05 Å². The molecule has 1 N–H and O–H groups in total. The molecule has 0 aromatic carbocycles. The summed E-state index contributed by atoms with van der Waals surface area (Å²) in [6, 6.07) is 1.69. The fraction of sp³-hybridized carbons (Fsp3) is 0.444. The van der Waals surface area contributed by atoms with Crippen molar-refractivity contribution in [3.05, 3.63) is 21.9 Å². The minimum absolute atomic E-state index is 0.300. The monoisotopic (exact) mass is 260 g/mol. The topological polar surface area (TPSA) is 45.5 Å². The lowest BCUT2D eigenvalue weighted by Gasteiger charge is -2.08. The van der Waals surface area contributed by atoms with Crippen molar-refractivity contribution in [2.45, 2.75) is 6.54 Å². The molecule has 78 valence electrons. The zero-order chi connectivity index (χ0) is 10.9. The Morgan fingerprint density at radius 2 is 2.21 bits per heavy atom. The van der Waals surface area contributed by atoms with Gasteiger partial charge in [0, 0.05) is 13.6 Å². The predicted octanol–water partition coefficient (Wildman–Crippen LogP) is 1.55. The van der Waals surface area contributed by atoms with Gasteiger partial charge in [-0.15, -0.1) is 0 Å². The third kappa shape index (κ3) is 2.16. The first-order valence-corrected chi connectivity index (χ1v) is 4.95. The Morgan fingerprint density at radius 1 is 1.64 bits per heavy atom. The second-order valence-electron chi connectivity index (χ2n) is 3.45. The maximum absolute atomic E-state index is 10.8. The van der Waals surface area contributed by atoms with E-state index >= 15 is 0 Å². The fourth-order valence-corrected chi connectivity index (χ4v) is 1.73. The van der Waals surface area contributed by atoms with Gasteiger partial charge in [0.25, 0.3) is 0 Å². The van der Waals surface area contributed by atoms with Crippen LogP contribution in [0.3, 0.4) is 0 Å². The molecule has 1 heterocycles. The van der Waals surface area contributed by atoms with E-state index in [-0.39, 0.29) is 0 Å². The average molecular weight is 261 g/mol. The lowest BCUT2D eigenvalue weighted by atomic mass is 10.3. The van der Waals surface area contributed by atoms with Gasteiger partial charge in [0.1, 0.15) is 5.69 Å². The molecule has 4 nitrogen and oxygen atoms in total. The molecule has 0 fully saturated rings. The molecule has 14 heavy (non-hydrogen) atoms. The summed E-state index contributed by atoms with van der Waals surface area (Å²) in [5, 5.41) is 8.88. The minimum Gasteiger partial charge on any atom is -0.477 e. The molecule has 0 aliphatic rings. The van der Waals surface area contributed by atoms with Gasteiger partial charge in [-0.2, -0.15) is 0 Å².